The lowest BCUT2D eigenvalue weighted by atomic mass is 10.1. The molecular formula is C13H20N2O3S2. The zero-order valence-corrected chi connectivity index (χ0v) is 13.3. The van der Waals surface area contributed by atoms with Crippen molar-refractivity contribution in [3.05, 3.63) is 35.4 Å². The lowest BCUT2D eigenvalue weighted by Crippen LogP contribution is -2.30. The third-order valence-electron chi connectivity index (χ3n) is 2.78. The van der Waals surface area contributed by atoms with E-state index in [0.29, 0.717) is 11.6 Å². The zero-order chi connectivity index (χ0) is 15.2. The van der Waals surface area contributed by atoms with Gasteiger partial charge in [-0.15, -0.1) is 0 Å². The maximum Gasteiger partial charge on any atom is 0.216 e. The summed E-state index contributed by atoms with van der Waals surface area (Å²) < 4.78 is 30.4. The van der Waals surface area contributed by atoms with Gasteiger partial charge in [0.25, 0.3) is 0 Å². The van der Waals surface area contributed by atoms with Gasteiger partial charge in [-0.05, 0) is 18.6 Å². The van der Waals surface area contributed by atoms with Crippen molar-refractivity contribution in [3.8, 4) is 0 Å². The van der Waals surface area contributed by atoms with Crippen LogP contribution in [0.5, 0.6) is 0 Å². The minimum Gasteiger partial charge on any atom is -0.389 e. The second kappa shape index (κ2) is 7.68. The summed E-state index contributed by atoms with van der Waals surface area (Å²) in [6, 6.07) is 7.26. The molecule has 2 N–H and O–H groups in total. The highest BCUT2D eigenvalue weighted by Crippen LogP contribution is 2.10. The summed E-state index contributed by atoms with van der Waals surface area (Å²) in [4.78, 5) is 0.300. The van der Waals surface area contributed by atoms with Gasteiger partial charge >= 0.3 is 0 Å². The topological polar surface area (TPSA) is 72.6 Å². The van der Waals surface area contributed by atoms with Gasteiger partial charge in [0.1, 0.15) is 4.99 Å². The van der Waals surface area contributed by atoms with Crippen LogP contribution < -0.4 is 5.73 Å². The standard InChI is InChI=1S/C13H20N2O3S2/c1-3-18-7-8-20(16,17)15(2)10-11-5-4-6-12(9-11)13(14)19/h4-6,9H,3,7-8,10H2,1-2H3,(H2,14,19). The molecule has 0 aliphatic rings. The molecule has 1 aromatic rings. The van der Waals surface area contributed by atoms with Gasteiger partial charge in [-0.25, -0.2) is 12.7 Å². The number of nitrogens with two attached hydrogens (primary N) is 1. The molecular weight excluding hydrogens is 296 g/mol. The van der Waals surface area contributed by atoms with Crippen molar-refractivity contribution in [2.75, 3.05) is 26.0 Å². The second-order valence-corrected chi connectivity index (χ2v) is 6.97. The number of nitrogens with zero attached hydrogens (tertiary/aromatic N) is 1. The molecule has 0 aliphatic carbocycles. The summed E-state index contributed by atoms with van der Waals surface area (Å²) in [5.41, 5.74) is 7.14. The summed E-state index contributed by atoms with van der Waals surface area (Å²) in [7, 11) is -1.77. The van der Waals surface area contributed by atoms with Gasteiger partial charge in [-0.3, -0.25) is 0 Å². The predicted octanol–water partition coefficient (Wildman–Crippen LogP) is 1.12. The number of sulfonamides is 1. The van der Waals surface area contributed by atoms with Crippen molar-refractivity contribution in [2.24, 2.45) is 5.73 Å². The number of hydrogen-bond donors (Lipinski definition) is 1. The van der Waals surface area contributed by atoms with Crippen molar-refractivity contribution >= 4 is 27.2 Å². The SMILES string of the molecule is CCOCCS(=O)(=O)N(C)Cc1cccc(C(N)=S)c1. The number of ether oxygens (including phenoxy) is 1. The molecule has 0 heterocycles. The van der Waals surface area contributed by atoms with Crippen molar-refractivity contribution < 1.29 is 13.2 Å². The molecule has 0 saturated carbocycles. The number of benzene rings is 1. The van der Waals surface area contributed by atoms with Crippen molar-refractivity contribution in [2.45, 2.75) is 13.5 Å². The first-order chi connectivity index (χ1) is 9.36. The fourth-order valence-corrected chi connectivity index (χ4v) is 2.76. The summed E-state index contributed by atoms with van der Waals surface area (Å²) in [6.45, 7) is 2.83. The van der Waals surface area contributed by atoms with Crippen LogP contribution in [0.1, 0.15) is 18.1 Å². The number of rotatable bonds is 8. The van der Waals surface area contributed by atoms with Gasteiger partial charge in [-0.2, -0.15) is 0 Å². The fraction of sp³-hybridized carbons (Fsp3) is 0.462. The average Bonchev–Trinajstić information content (AvgIpc) is 2.39. The van der Waals surface area contributed by atoms with Crippen LogP contribution in [0.4, 0.5) is 0 Å². The van der Waals surface area contributed by atoms with Gasteiger partial charge in [-0.1, -0.05) is 30.4 Å². The molecule has 0 unspecified atom stereocenters. The molecule has 20 heavy (non-hydrogen) atoms. The highest BCUT2D eigenvalue weighted by atomic mass is 32.2. The highest BCUT2D eigenvalue weighted by molar-refractivity contribution is 7.89. The minimum absolute atomic E-state index is 0.0215. The van der Waals surface area contributed by atoms with E-state index in [-0.39, 0.29) is 18.9 Å². The molecule has 0 fully saturated rings. The van der Waals surface area contributed by atoms with E-state index in [1.807, 2.05) is 19.1 Å². The molecule has 0 bridgehead atoms. The predicted molar refractivity (Wildman–Crippen MR) is 84.1 cm³/mol. The Bertz CT molecular complexity index is 558. The zero-order valence-electron chi connectivity index (χ0n) is 11.7. The molecule has 0 radical (unpaired) electrons. The summed E-state index contributed by atoms with van der Waals surface area (Å²) in [6.07, 6.45) is 0. The van der Waals surface area contributed by atoms with Gasteiger partial charge in [0.15, 0.2) is 0 Å². The Labute approximate surface area is 125 Å². The van der Waals surface area contributed by atoms with E-state index in [2.05, 4.69) is 0 Å². The molecule has 112 valence electrons. The first-order valence-corrected chi connectivity index (χ1v) is 8.29. The second-order valence-electron chi connectivity index (χ2n) is 4.33. The third-order valence-corrected chi connectivity index (χ3v) is 4.78. The van der Waals surface area contributed by atoms with E-state index in [1.165, 1.54) is 4.31 Å². The Kier molecular flexibility index (Phi) is 6.54. The first-order valence-electron chi connectivity index (χ1n) is 6.27. The van der Waals surface area contributed by atoms with Crippen LogP contribution in [-0.2, 0) is 21.3 Å². The Morgan fingerprint density at radius 1 is 1.45 bits per heavy atom. The van der Waals surface area contributed by atoms with E-state index in [9.17, 15) is 8.42 Å². The molecule has 7 heteroatoms. The maximum atomic E-state index is 12.0. The normalized spacial score (nSPS) is 11.8. The van der Waals surface area contributed by atoms with Gasteiger partial charge in [0.05, 0.1) is 12.4 Å². The lowest BCUT2D eigenvalue weighted by Gasteiger charge is -2.17. The van der Waals surface area contributed by atoms with Gasteiger partial charge in [0.2, 0.25) is 10.0 Å². The van der Waals surface area contributed by atoms with E-state index in [4.69, 9.17) is 22.7 Å². The Morgan fingerprint density at radius 2 is 2.15 bits per heavy atom. The summed E-state index contributed by atoms with van der Waals surface area (Å²) in [5.74, 6) is -0.0215. The fourth-order valence-electron chi connectivity index (χ4n) is 1.64. The Balaban J connectivity index is 2.72. The molecule has 0 atom stereocenters. The van der Waals surface area contributed by atoms with Crippen molar-refractivity contribution in [3.63, 3.8) is 0 Å². The lowest BCUT2D eigenvalue weighted by molar-refractivity contribution is 0.162. The maximum absolute atomic E-state index is 12.0. The summed E-state index contributed by atoms with van der Waals surface area (Å²) in [5, 5.41) is 0. The number of hydrogen-bond acceptors (Lipinski definition) is 4. The van der Waals surface area contributed by atoms with E-state index < -0.39 is 10.0 Å². The van der Waals surface area contributed by atoms with Crippen LogP contribution in [0.15, 0.2) is 24.3 Å². The molecule has 1 rings (SSSR count). The van der Waals surface area contributed by atoms with Crippen LogP contribution in [0, 0.1) is 0 Å². The minimum atomic E-state index is -3.32. The largest absolute Gasteiger partial charge is 0.389 e. The van der Waals surface area contributed by atoms with E-state index in [1.54, 1.807) is 19.2 Å². The average molecular weight is 316 g/mol. The van der Waals surface area contributed by atoms with Crippen molar-refractivity contribution in [1.82, 2.24) is 4.31 Å². The van der Waals surface area contributed by atoms with Crippen LogP contribution in [0.2, 0.25) is 0 Å². The van der Waals surface area contributed by atoms with Crippen molar-refractivity contribution in [1.29, 1.82) is 0 Å². The van der Waals surface area contributed by atoms with E-state index >= 15 is 0 Å². The quantitative estimate of drug-likeness (QED) is 0.575. The molecule has 5 nitrogen and oxygen atoms in total. The monoisotopic (exact) mass is 316 g/mol. The van der Waals surface area contributed by atoms with E-state index in [0.717, 1.165) is 11.1 Å². The Morgan fingerprint density at radius 3 is 2.75 bits per heavy atom. The van der Waals surface area contributed by atoms with Crippen LogP contribution in [-0.4, -0.2) is 43.7 Å². The van der Waals surface area contributed by atoms with Gasteiger partial charge in [0, 0.05) is 25.8 Å². The van der Waals surface area contributed by atoms with Crippen LogP contribution >= 0.6 is 12.2 Å². The molecule has 0 saturated heterocycles. The molecule has 0 amide bonds. The number of thiocarbonyl (C=S) groups is 1. The highest BCUT2D eigenvalue weighted by Gasteiger charge is 2.17. The van der Waals surface area contributed by atoms with Gasteiger partial charge < -0.3 is 10.5 Å². The van der Waals surface area contributed by atoms with Crippen LogP contribution in [0.25, 0.3) is 0 Å². The summed E-state index contributed by atoms with van der Waals surface area (Å²) >= 11 is 4.91. The molecule has 0 spiro atoms. The molecule has 1 aromatic carbocycles. The van der Waals surface area contributed by atoms with Crippen LogP contribution in [0.3, 0.4) is 0 Å². The molecule has 0 aliphatic heterocycles. The third kappa shape index (κ3) is 5.16. The Hall–Kier alpha value is -1.02. The molecule has 0 aromatic heterocycles. The smallest absolute Gasteiger partial charge is 0.216 e. The first kappa shape index (κ1) is 17.0.